The van der Waals surface area contributed by atoms with E-state index in [-0.39, 0.29) is 5.41 Å². The van der Waals surface area contributed by atoms with Crippen molar-refractivity contribution in [2.45, 2.75) is 75.5 Å². The predicted molar refractivity (Wildman–Crippen MR) is 76.0 cm³/mol. The lowest BCUT2D eigenvalue weighted by atomic mass is 9.73. The smallest absolute Gasteiger partial charge is 0.158 e. The summed E-state index contributed by atoms with van der Waals surface area (Å²) in [6.45, 7) is 0.689. The Morgan fingerprint density at radius 1 is 1.05 bits per heavy atom. The highest BCUT2D eigenvalue weighted by Crippen LogP contribution is 2.38. The Kier molecular flexibility index (Phi) is 3.87. The summed E-state index contributed by atoms with van der Waals surface area (Å²) >= 11 is 0. The molecular weight excluding hydrogens is 236 g/mol. The third-order valence-electron chi connectivity index (χ3n) is 5.17. The van der Waals surface area contributed by atoms with Crippen molar-refractivity contribution in [1.82, 2.24) is 15.2 Å². The quantitative estimate of drug-likeness (QED) is 0.880. The van der Waals surface area contributed by atoms with Gasteiger partial charge in [-0.2, -0.15) is 5.10 Å². The van der Waals surface area contributed by atoms with Crippen LogP contribution in [0.4, 0.5) is 0 Å². The number of nitrogens with two attached hydrogens (primary N) is 1. The zero-order chi connectivity index (χ0) is 13.1. The lowest BCUT2D eigenvalue weighted by Crippen LogP contribution is -2.38. The second-order valence-electron chi connectivity index (χ2n) is 6.42. The molecule has 3 N–H and O–H groups in total. The third kappa shape index (κ3) is 2.55. The molecule has 1 heterocycles. The highest BCUT2D eigenvalue weighted by Gasteiger charge is 2.36. The Hall–Kier alpha value is -0.900. The van der Waals surface area contributed by atoms with Gasteiger partial charge in [-0.25, -0.2) is 4.98 Å². The van der Waals surface area contributed by atoms with Crippen LogP contribution in [0.1, 0.15) is 81.8 Å². The van der Waals surface area contributed by atoms with Gasteiger partial charge in [-0.15, -0.1) is 0 Å². The zero-order valence-corrected chi connectivity index (χ0v) is 11.8. The fourth-order valence-electron chi connectivity index (χ4n) is 3.82. The molecule has 0 aliphatic heterocycles. The van der Waals surface area contributed by atoms with Crippen LogP contribution >= 0.6 is 0 Å². The number of aromatic nitrogens is 3. The predicted octanol–water partition coefficient (Wildman–Crippen LogP) is 3.01. The standard InChI is InChI=1S/C15H26N4/c16-11-15(9-5-2-6-10-15)14-17-13(18-19-14)12-7-3-1-4-8-12/h12H,1-11,16H2,(H,17,18,19). The summed E-state index contributed by atoms with van der Waals surface area (Å²) in [5.74, 6) is 2.72. The Morgan fingerprint density at radius 2 is 1.74 bits per heavy atom. The van der Waals surface area contributed by atoms with Gasteiger partial charge in [0.15, 0.2) is 5.82 Å². The van der Waals surface area contributed by atoms with Crippen LogP contribution in [0.5, 0.6) is 0 Å². The molecule has 0 atom stereocenters. The van der Waals surface area contributed by atoms with Gasteiger partial charge in [0, 0.05) is 17.9 Å². The van der Waals surface area contributed by atoms with Crippen molar-refractivity contribution in [2.24, 2.45) is 5.73 Å². The molecule has 0 bridgehead atoms. The maximum Gasteiger partial charge on any atom is 0.158 e. The van der Waals surface area contributed by atoms with Gasteiger partial charge in [-0.05, 0) is 25.7 Å². The minimum Gasteiger partial charge on any atom is -0.329 e. The van der Waals surface area contributed by atoms with E-state index in [2.05, 4.69) is 10.2 Å². The van der Waals surface area contributed by atoms with Crippen LogP contribution in [-0.2, 0) is 5.41 Å². The first-order valence-corrected chi connectivity index (χ1v) is 7.97. The summed E-state index contributed by atoms with van der Waals surface area (Å²) in [5.41, 5.74) is 6.12. The molecule has 2 aliphatic carbocycles. The Balaban J connectivity index is 1.79. The van der Waals surface area contributed by atoms with E-state index < -0.39 is 0 Å². The van der Waals surface area contributed by atoms with Gasteiger partial charge in [0.05, 0.1) is 0 Å². The SMILES string of the molecule is NCC1(c2n[nH]c(C3CCCCC3)n2)CCCCC1. The zero-order valence-electron chi connectivity index (χ0n) is 11.8. The van der Waals surface area contributed by atoms with Crippen molar-refractivity contribution in [3.8, 4) is 0 Å². The fraction of sp³-hybridized carbons (Fsp3) is 0.867. The second-order valence-corrected chi connectivity index (χ2v) is 6.42. The van der Waals surface area contributed by atoms with E-state index in [4.69, 9.17) is 10.7 Å². The molecule has 2 saturated carbocycles. The van der Waals surface area contributed by atoms with E-state index >= 15 is 0 Å². The molecule has 1 aromatic heterocycles. The summed E-state index contributed by atoms with van der Waals surface area (Å²) in [5, 5.41) is 7.76. The van der Waals surface area contributed by atoms with Crippen LogP contribution in [0.25, 0.3) is 0 Å². The lowest BCUT2D eigenvalue weighted by molar-refractivity contribution is 0.286. The van der Waals surface area contributed by atoms with Crippen LogP contribution in [0, 0.1) is 0 Å². The van der Waals surface area contributed by atoms with Crippen molar-refractivity contribution < 1.29 is 0 Å². The Morgan fingerprint density at radius 3 is 2.42 bits per heavy atom. The van der Waals surface area contributed by atoms with Crippen molar-refractivity contribution in [2.75, 3.05) is 6.54 Å². The molecule has 2 fully saturated rings. The monoisotopic (exact) mass is 262 g/mol. The maximum atomic E-state index is 6.06. The third-order valence-corrected chi connectivity index (χ3v) is 5.17. The van der Waals surface area contributed by atoms with E-state index in [0.717, 1.165) is 24.5 Å². The Labute approximate surface area is 115 Å². The highest BCUT2D eigenvalue weighted by molar-refractivity contribution is 5.12. The van der Waals surface area contributed by atoms with Crippen molar-refractivity contribution in [3.63, 3.8) is 0 Å². The number of H-pyrrole nitrogens is 1. The molecule has 3 rings (SSSR count). The number of nitrogens with zero attached hydrogens (tertiary/aromatic N) is 2. The average Bonchev–Trinajstić information content (AvgIpc) is 2.99. The van der Waals surface area contributed by atoms with E-state index in [9.17, 15) is 0 Å². The maximum absolute atomic E-state index is 6.06. The summed E-state index contributed by atoms with van der Waals surface area (Å²) in [4.78, 5) is 4.85. The molecule has 0 unspecified atom stereocenters. The van der Waals surface area contributed by atoms with Crippen molar-refractivity contribution >= 4 is 0 Å². The molecule has 0 amide bonds. The van der Waals surface area contributed by atoms with Gasteiger partial charge in [0.25, 0.3) is 0 Å². The van der Waals surface area contributed by atoms with Crippen LogP contribution < -0.4 is 5.73 Å². The number of hydrogen-bond acceptors (Lipinski definition) is 3. The van der Waals surface area contributed by atoms with Crippen LogP contribution in [0.3, 0.4) is 0 Å². The molecule has 1 aromatic rings. The fourth-order valence-corrected chi connectivity index (χ4v) is 3.82. The van der Waals surface area contributed by atoms with Crippen molar-refractivity contribution in [1.29, 1.82) is 0 Å². The largest absolute Gasteiger partial charge is 0.329 e. The normalized spacial score (nSPS) is 24.5. The molecule has 4 nitrogen and oxygen atoms in total. The van der Waals surface area contributed by atoms with Gasteiger partial charge in [0.2, 0.25) is 0 Å². The van der Waals surface area contributed by atoms with E-state index in [1.165, 1.54) is 51.4 Å². The first kappa shape index (κ1) is 13.1. The molecule has 0 radical (unpaired) electrons. The minimum absolute atomic E-state index is 0.0572. The molecule has 2 aliphatic rings. The molecule has 4 heteroatoms. The summed E-state index contributed by atoms with van der Waals surface area (Å²) in [6, 6.07) is 0. The van der Waals surface area contributed by atoms with Gasteiger partial charge < -0.3 is 5.73 Å². The van der Waals surface area contributed by atoms with E-state index in [1.54, 1.807) is 0 Å². The topological polar surface area (TPSA) is 67.6 Å². The van der Waals surface area contributed by atoms with Gasteiger partial charge in [0.1, 0.15) is 5.82 Å². The second kappa shape index (κ2) is 5.61. The number of aromatic amines is 1. The van der Waals surface area contributed by atoms with Crippen LogP contribution in [-0.4, -0.2) is 21.7 Å². The minimum atomic E-state index is 0.0572. The molecule has 0 aromatic carbocycles. The molecule has 106 valence electrons. The summed E-state index contributed by atoms with van der Waals surface area (Å²) in [7, 11) is 0. The molecular formula is C15H26N4. The molecule has 0 spiro atoms. The number of nitrogens with one attached hydrogen (secondary N) is 1. The Bertz CT molecular complexity index is 400. The van der Waals surface area contributed by atoms with E-state index in [1.807, 2.05) is 0 Å². The first-order valence-electron chi connectivity index (χ1n) is 7.97. The molecule has 19 heavy (non-hydrogen) atoms. The van der Waals surface area contributed by atoms with Gasteiger partial charge in [-0.1, -0.05) is 38.5 Å². The summed E-state index contributed by atoms with van der Waals surface area (Å²) in [6.07, 6.45) is 12.8. The van der Waals surface area contributed by atoms with Crippen LogP contribution in [0.2, 0.25) is 0 Å². The van der Waals surface area contributed by atoms with Gasteiger partial charge >= 0.3 is 0 Å². The van der Waals surface area contributed by atoms with Crippen LogP contribution in [0.15, 0.2) is 0 Å². The number of rotatable bonds is 3. The first-order chi connectivity index (χ1) is 9.34. The lowest BCUT2D eigenvalue weighted by Gasteiger charge is -2.33. The van der Waals surface area contributed by atoms with Crippen molar-refractivity contribution in [3.05, 3.63) is 11.6 Å². The number of hydrogen-bond donors (Lipinski definition) is 2. The summed E-state index contributed by atoms with van der Waals surface area (Å²) < 4.78 is 0. The average molecular weight is 262 g/mol. The highest BCUT2D eigenvalue weighted by atomic mass is 15.2. The van der Waals surface area contributed by atoms with E-state index in [0.29, 0.717) is 12.5 Å². The molecule has 0 saturated heterocycles. The van der Waals surface area contributed by atoms with Gasteiger partial charge in [-0.3, -0.25) is 5.10 Å².